The van der Waals surface area contributed by atoms with Gasteiger partial charge in [0.05, 0.1) is 24.6 Å². The Kier molecular flexibility index (Phi) is 4.52. The standard InChI is InChI=1S/C14H14ClFN8/c1-7-3-10(24-23-7)21-14-12(15)17-6-11(22-14)20-8(2)13-18-4-9(16)5-19-13/h3-6,8H,1-2H3,(H3,20,21,22,23,24)/t8-/m0/s1. The summed E-state index contributed by atoms with van der Waals surface area (Å²) in [5.41, 5.74) is 0.901. The van der Waals surface area contributed by atoms with Crippen LogP contribution in [-0.2, 0) is 0 Å². The molecule has 8 nitrogen and oxygen atoms in total. The van der Waals surface area contributed by atoms with E-state index in [2.05, 4.69) is 40.8 Å². The molecule has 24 heavy (non-hydrogen) atoms. The van der Waals surface area contributed by atoms with Crippen LogP contribution in [0.1, 0.15) is 24.5 Å². The Bertz CT molecular complexity index is 835. The highest BCUT2D eigenvalue weighted by Gasteiger charge is 2.12. The molecule has 0 spiro atoms. The fourth-order valence-corrected chi connectivity index (χ4v) is 2.10. The second kappa shape index (κ2) is 6.75. The van der Waals surface area contributed by atoms with Crippen LogP contribution >= 0.6 is 11.6 Å². The number of nitrogens with zero attached hydrogens (tertiary/aromatic N) is 5. The molecule has 0 saturated heterocycles. The fourth-order valence-electron chi connectivity index (χ4n) is 1.96. The smallest absolute Gasteiger partial charge is 0.172 e. The van der Waals surface area contributed by atoms with E-state index >= 15 is 0 Å². The molecule has 3 aromatic heterocycles. The molecule has 0 aliphatic carbocycles. The average molecular weight is 349 g/mol. The van der Waals surface area contributed by atoms with Crippen molar-refractivity contribution in [3.63, 3.8) is 0 Å². The molecule has 3 rings (SSSR count). The number of halogens is 2. The number of aryl methyl sites for hydroxylation is 1. The number of aromatic nitrogens is 6. The normalized spacial score (nSPS) is 12.0. The van der Waals surface area contributed by atoms with Crippen molar-refractivity contribution in [3.8, 4) is 0 Å². The summed E-state index contributed by atoms with van der Waals surface area (Å²) in [6.45, 7) is 3.71. The molecular weight excluding hydrogens is 335 g/mol. The van der Waals surface area contributed by atoms with Crippen molar-refractivity contribution in [1.29, 1.82) is 0 Å². The first kappa shape index (κ1) is 16.1. The molecule has 0 aliphatic rings. The molecule has 124 valence electrons. The lowest BCUT2D eigenvalue weighted by molar-refractivity contribution is 0.604. The Morgan fingerprint density at radius 3 is 2.58 bits per heavy atom. The summed E-state index contributed by atoms with van der Waals surface area (Å²) in [4.78, 5) is 16.3. The first-order valence-corrected chi connectivity index (χ1v) is 7.44. The van der Waals surface area contributed by atoms with Gasteiger partial charge in [-0.3, -0.25) is 5.10 Å². The number of anilines is 3. The summed E-state index contributed by atoms with van der Waals surface area (Å²) >= 11 is 6.06. The maximum atomic E-state index is 12.9. The summed E-state index contributed by atoms with van der Waals surface area (Å²) in [6.07, 6.45) is 3.71. The van der Waals surface area contributed by atoms with E-state index in [0.29, 0.717) is 23.3 Å². The lowest BCUT2D eigenvalue weighted by atomic mass is 10.3. The lowest BCUT2D eigenvalue weighted by Crippen LogP contribution is -2.12. The van der Waals surface area contributed by atoms with E-state index in [1.54, 1.807) is 0 Å². The van der Waals surface area contributed by atoms with Crippen molar-refractivity contribution in [2.75, 3.05) is 10.6 Å². The Balaban J connectivity index is 1.76. The molecule has 0 aliphatic heterocycles. The molecule has 3 heterocycles. The molecule has 0 bridgehead atoms. The third-order valence-electron chi connectivity index (χ3n) is 3.07. The van der Waals surface area contributed by atoms with Crippen molar-refractivity contribution in [1.82, 2.24) is 30.1 Å². The number of aromatic amines is 1. The van der Waals surface area contributed by atoms with E-state index in [1.165, 1.54) is 6.20 Å². The first-order chi connectivity index (χ1) is 11.5. The SMILES string of the molecule is Cc1cc(Nc2nc(N[C@@H](C)c3ncc(F)cn3)cnc2Cl)n[nH]1. The molecule has 10 heteroatoms. The van der Waals surface area contributed by atoms with Crippen molar-refractivity contribution in [2.24, 2.45) is 0 Å². The highest BCUT2D eigenvalue weighted by Crippen LogP contribution is 2.23. The Morgan fingerprint density at radius 1 is 1.17 bits per heavy atom. The second-order valence-corrected chi connectivity index (χ2v) is 5.44. The molecule has 0 fully saturated rings. The maximum Gasteiger partial charge on any atom is 0.172 e. The average Bonchev–Trinajstić information content (AvgIpc) is 2.96. The van der Waals surface area contributed by atoms with Crippen molar-refractivity contribution < 1.29 is 4.39 Å². The van der Waals surface area contributed by atoms with Crippen LogP contribution in [0.25, 0.3) is 0 Å². The van der Waals surface area contributed by atoms with E-state index in [-0.39, 0.29) is 11.2 Å². The van der Waals surface area contributed by atoms with Crippen LogP contribution in [0.15, 0.2) is 24.7 Å². The number of hydrogen-bond acceptors (Lipinski definition) is 7. The third kappa shape index (κ3) is 3.74. The molecule has 0 amide bonds. The summed E-state index contributed by atoms with van der Waals surface area (Å²) in [5.74, 6) is 1.36. The van der Waals surface area contributed by atoms with Gasteiger partial charge >= 0.3 is 0 Å². The Hall–Kier alpha value is -2.81. The van der Waals surface area contributed by atoms with Gasteiger partial charge in [0.15, 0.2) is 22.6 Å². The minimum absolute atomic E-state index is 0.215. The minimum atomic E-state index is -0.488. The minimum Gasteiger partial charge on any atom is -0.359 e. The number of H-pyrrole nitrogens is 1. The molecule has 0 radical (unpaired) electrons. The van der Waals surface area contributed by atoms with Crippen molar-refractivity contribution in [3.05, 3.63) is 47.1 Å². The molecule has 1 atom stereocenters. The van der Waals surface area contributed by atoms with Crippen LogP contribution in [0.3, 0.4) is 0 Å². The van der Waals surface area contributed by atoms with Crippen LogP contribution in [0.5, 0.6) is 0 Å². The quantitative estimate of drug-likeness (QED) is 0.651. The number of rotatable bonds is 5. The van der Waals surface area contributed by atoms with E-state index in [0.717, 1.165) is 18.1 Å². The summed E-state index contributed by atoms with van der Waals surface area (Å²) < 4.78 is 12.9. The van der Waals surface area contributed by atoms with Gasteiger partial charge in [0.1, 0.15) is 11.6 Å². The van der Waals surface area contributed by atoms with E-state index in [9.17, 15) is 4.39 Å². The molecule has 0 aromatic carbocycles. The topological polar surface area (TPSA) is 104 Å². The third-order valence-corrected chi connectivity index (χ3v) is 3.35. The second-order valence-electron chi connectivity index (χ2n) is 5.08. The van der Waals surface area contributed by atoms with Crippen LogP contribution in [0.2, 0.25) is 5.15 Å². The van der Waals surface area contributed by atoms with Gasteiger partial charge < -0.3 is 10.6 Å². The van der Waals surface area contributed by atoms with Crippen LogP contribution in [-0.4, -0.2) is 30.1 Å². The van der Waals surface area contributed by atoms with Crippen LogP contribution < -0.4 is 10.6 Å². The van der Waals surface area contributed by atoms with E-state index in [4.69, 9.17) is 11.6 Å². The number of hydrogen-bond donors (Lipinski definition) is 3. The van der Waals surface area contributed by atoms with Crippen LogP contribution in [0, 0.1) is 12.7 Å². The summed E-state index contributed by atoms with van der Waals surface area (Å²) in [5, 5.41) is 13.2. The van der Waals surface area contributed by atoms with Gasteiger partial charge in [0.2, 0.25) is 0 Å². The van der Waals surface area contributed by atoms with Crippen molar-refractivity contribution in [2.45, 2.75) is 19.9 Å². The molecule has 3 aromatic rings. The highest BCUT2D eigenvalue weighted by atomic mass is 35.5. The zero-order valence-corrected chi connectivity index (χ0v) is 13.6. The van der Waals surface area contributed by atoms with Crippen LogP contribution in [0.4, 0.5) is 21.8 Å². The first-order valence-electron chi connectivity index (χ1n) is 7.07. The summed E-state index contributed by atoms with van der Waals surface area (Å²) in [7, 11) is 0. The Labute approximate surface area is 141 Å². The monoisotopic (exact) mass is 348 g/mol. The zero-order chi connectivity index (χ0) is 17.1. The van der Waals surface area contributed by atoms with Gasteiger partial charge in [-0.05, 0) is 13.8 Å². The lowest BCUT2D eigenvalue weighted by Gasteiger charge is -2.14. The maximum absolute atomic E-state index is 12.9. The van der Waals surface area contributed by atoms with Gasteiger partial charge in [-0.15, -0.1) is 0 Å². The predicted octanol–water partition coefficient (Wildman–Crippen LogP) is 3.01. The van der Waals surface area contributed by atoms with Gasteiger partial charge in [-0.1, -0.05) is 11.6 Å². The fraction of sp³-hybridized carbons (Fsp3) is 0.214. The van der Waals surface area contributed by atoms with E-state index in [1.807, 2.05) is 19.9 Å². The van der Waals surface area contributed by atoms with Gasteiger partial charge in [0.25, 0.3) is 0 Å². The molecular formula is C14H14ClFN8. The predicted molar refractivity (Wildman–Crippen MR) is 87.7 cm³/mol. The van der Waals surface area contributed by atoms with E-state index < -0.39 is 5.82 Å². The number of nitrogens with one attached hydrogen (secondary N) is 3. The van der Waals surface area contributed by atoms with Gasteiger partial charge in [-0.2, -0.15) is 5.10 Å². The van der Waals surface area contributed by atoms with Crippen molar-refractivity contribution >= 4 is 29.1 Å². The summed E-state index contributed by atoms with van der Waals surface area (Å²) in [6, 6.07) is 1.52. The zero-order valence-electron chi connectivity index (χ0n) is 12.9. The molecule has 0 unspecified atom stereocenters. The largest absolute Gasteiger partial charge is 0.359 e. The molecule has 3 N–H and O–H groups in total. The molecule has 0 saturated carbocycles. The van der Waals surface area contributed by atoms with Gasteiger partial charge in [0, 0.05) is 11.8 Å². The Morgan fingerprint density at radius 2 is 1.92 bits per heavy atom. The highest BCUT2D eigenvalue weighted by molar-refractivity contribution is 6.31. The van der Waals surface area contributed by atoms with Gasteiger partial charge in [-0.25, -0.2) is 24.3 Å².